The van der Waals surface area contributed by atoms with Gasteiger partial charge in [0.1, 0.15) is 0 Å². The largest absolute Gasteiger partial charge is 0.459 e. The van der Waals surface area contributed by atoms with Crippen LogP contribution >= 0.6 is 0 Å². The molecule has 2 heterocycles. The fourth-order valence-corrected chi connectivity index (χ4v) is 2.46. The molecule has 2 aromatic carbocycles. The van der Waals surface area contributed by atoms with E-state index < -0.39 is 0 Å². The van der Waals surface area contributed by atoms with E-state index in [1.54, 1.807) is 48.7 Å². The van der Waals surface area contributed by atoms with Gasteiger partial charge in [0.25, 0.3) is 5.89 Å². The van der Waals surface area contributed by atoms with E-state index in [9.17, 15) is 4.79 Å². The maximum absolute atomic E-state index is 12.0. The predicted molar refractivity (Wildman–Crippen MR) is 102 cm³/mol. The first kappa shape index (κ1) is 16.5. The average Bonchev–Trinajstić information content (AvgIpc) is 3.39. The Hall–Kier alpha value is -3.93. The van der Waals surface area contributed by atoms with Gasteiger partial charge in [0.15, 0.2) is 5.76 Å². The maximum atomic E-state index is 12.0. The van der Waals surface area contributed by atoms with Crippen molar-refractivity contribution in [2.75, 3.05) is 5.32 Å². The molecule has 0 aliphatic rings. The first-order valence-corrected chi connectivity index (χ1v) is 8.30. The normalized spacial score (nSPS) is 11.0. The first-order valence-electron chi connectivity index (χ1n) is 8.30. The van der Waals surface area contributed by atoms with Crippen molar-refractivity contribution in [3.8, 4) is 23.1 Å². The topological polar surface area (TPSA) is 81.2 Å². The van der Waals surface area contributed by atoms with E-state index in [1.807, 2.05) is 30.3 Å². The van der Waals surface area contributed by atoms with E-state index >= 15 is 0 Å². The highest BCUT2D eigenvalue weighted by Gasteiger charge is 2.12. The Labute approximate surface area is 155 Å². The monoisotopic (exact) mass is 357 g/mol. The molecule has 0 bridgehead atoms. The molecule has 0 atom stereocenters. The Morgan fingerprint density at radius 2 is 1.67 bits per heavy atom. The Kier molecular flexibility index (Phi) is 4.61. The van der Waals surface area contributed by atoms with Crippen LogP contribution in [0.4, 0.5) is 5.69 Å². The molecule has 0 fully saturated rings. The lowest BCUT2D eigenvalue weighted by Crippen LogP contribution is -2.07. The molecule has 4 rings (SSSR count). The minimum atomic E-state index is -0.204. The highest BCUT2D eigenvalue weighted by atomic mass is 16.4. The Bertz CT molecular complexity index is 1050. The number of hydrogen-bond donors (Lipinski definition) is 1. The van der Waals surface area contributed by atoms with Crippen molar-refractivity contribution in [1.29, 1.82) is 0 Å². The number of rotatable bonds is 5. The van der Waals surface area contributed by atoms with Crippen molar-refractivity contribution in [3.63, 3.8) is 0 Å². The van der Waals surface area contributed by atoms with E-state index in [0.29, 0.717) is 23.2 Å². The summed E-state index contributed by atoms with van der Waals surface area (Å²) in [5, 5.41) is 10.8. The molecule has 0 aliphatic carbocycles. The summed E-state index contributed by atoms with van der Waals surface area (Å²) in [4.78, 5) is 12.0. The van der Waals surface area contributed by atoms with Crippen LogP contribution in [0.3, 0.4) is 0 Å². The zero-order chi connectivity index (χ0) is 18.5. The van der Waals surface area contributed by atoms with Crippen molar-refractivity contribution < 1.29 is 13.6 Å². The van der Waals surface area contributed by atoms with E-state index in [2.05, 4.69) is 15.5 Å². The third kappa shape index (κ3) is 4.01. The second-order valence-corrected chi connectivity index (χ2v) is 5.70. The minimum absolute atomic E-state index is 0.204. The molecule has 27 heavy (non-hydrogen) atoms. The Morgan fingerprint density at radius 3 is 2.41 bits per heavy atom. The summed E-state index contributed by atoms with van der Waals surface area (Å²) in [7, 11) is 0. The van der Waals surface area contributed by atoms with Crippen LogP contribution < -0.4 is 5.32 Å². The summed E-state index contributed by atoms with van der Waals surface area (Å²) in [6, 6.07) is 20.3. The molecule has 1 N–H and O–H groups in total. The number of aromatic nitrogens is 2. The molecular weight excluding hydrogens is 342 g/mol. The van der Waals surface area contributed by atoms with Crippen LogP contribution in [0.25, 0.3) is 29.2 Å². The fourth-order valence-electron chi connectivity index (χ4n) is 2.46. The van der Waals surface area contributed by atoms with Gasteiger partial charge in [-0.3, -0.25) is 4.79 Å². The SMILES string of the molecule is O=C(/C=C/c1ccccc1)Nc1ccc(-c2nnc(-c3ccco3)o2)cc1. The third-order valence-corrected chi connectivity index (χ3v) is 3.78. The highest BCUT2D eigenvalue weighted by molar-refractivity contribution is 6.02. The molecule has 0 saturated heterocycles. The molecule has 0 spiro atoms. The van der Waals surface area contributed by atoms with E-state index in [-0.39, 0.29) is 5.91 Å². The van der Waals surface area contributed by atoms with Gasteiger partial charge >= 0.3 is 0 Å². The second-order valence-electron chi connectivity index (χ2n) is 5.70. The summed E-state index contributed by atoms with van der Waals surface area (Å²) >= 11 is 0. The lowest BCUT2D eigenvalue weighted by molar-refractivity contribution is -0.111. The number of carbonyl (C=O) groups is 1. The number of hydrogen-bond acceptors (Lipinski definition) is 5. The van der Waals surface area contributed by atoms with Crippen LogP contribution in [-0.4, -0.2) is 16.1 Å². The Balaban J connectivity index is 1.42. The smallest absolute Gasteiger partial charge is 0.283 e. The number of amides is 1. The summed E-state index contributed by atoms with van der Waals surface area (Å²) < 4.78 is 10.8. The quantitative estimate of drug-likeness (QED) is 0.526. The van der Waals surface area contributed by atoms with Crippen LogP contribution in [0.15, 0.2) is 87.9 Å². The third-order valence-electron chi connectivity index (χ3n) is 3.78. The van der Waals surface area contributed by atoms with Gasteiger partial charge in [-0.1, -0.05) is 30.3 Å². The van der Waals surface area contributed by atoms with Crippen LogP contribution in [0.1, 0.15) is 5.56 Å². The van der Waals surface area contributed by atoms with Crippen LogP contribution in [-0.2, 0) is 4.79 Å². The molecule has 1 amide bonds. The number of benzene rings is 2. The highest BCUT2D eigenvalue weighted by Crippen LogP contribution is 2.25. The second kappa shape index (κ2) is 7.53. The van der Waals surface area contributed by atoms with Gasteiger partial charge in [-0.2, -0.15) is 0 Å². The molecular formula is C21H15N3O3. The lowest BCUT2D eigenvalue weighted by Gasteiger charge is -2.02. The zero-order valence-corrected chi connectivity index (χ0v) is 14.2. The summed E-state index contributed by atoms with van der Waals surface area (Å²) in [5.74, 6) is 1.01. The molecule has 6 heteroatoms. The molecule has 4 aromatic rings. The summed E-state index contributed by atoms with van der Waals surface area (Å²) in [5.41, 5.74) is 2.39. The fraction of sp³-hybridized carbons (Fsp3) is 0. The number of nitrogens with zero attached hydrogens (tertiary/aromatic N) is 2. The maximum Gasteiger partial charge on any atom is 0.283 e. The van der Waals surface area contributed by atoms with E-state index in [0.717, 1.165) is 11.1 Å². The minimum Gasteiger partial charge on any atom is -0.459 e. The summed E-state index contributed by atoms with van der Waals surface area (Å²) in [6.45, 7) is 0. The predicted octanol–water partition coefficient (Wildman–Crippen LogP) is 4.65. The Morgan fingerprint density at radius 1 is 0.889 bits per heavy atom. The molecule has 132 valence electrons. The van der Waals surface area contributed by atoms with Crippen molar-refractivity contribution in [2.45, 2.75) is 0 Å². The van der Waals surface area contributed by atoms with Crippen LogP contribution in [0, 0.1) is 0 Å². The lowest BCUT2D eigenvalue weighted by atomic mass is 10.2. The van der Waals surface area contributed by atoms with Crippen LogP contribution in [0.5, 0.6) is 0 Å². The van der Waals surface area contributed by atoms with Gasteiger partial charge in [-0.25, -0.2) is 0 Å². The number of furan rings is 1. The van der Waals surface area contributed by atoms with Crippen molar-refractivity contribution >= 4 is 17.7 Å². The van der Waals surface area contributed by atoms with Gasteiger partial charge in [0, 0.05) is 17.3 Å². The van der Waals surface area contributed by atoms with Gasteiger partial charge in [-0.15, -0.1) is 10.2 Å². The first-order chi connectivity index (χ1) is 13.3. The standard InChI is InChI=1S/C21H15N3O3/c25-19(13-8-15-5-2-1-3-6-15)22-17-11-9-16(10-12-17)20-23-24-21(27-20)18-7-4-14-26-18/h1-14H,(H,22,25)/b13-8+. The number of nitrogens with one attached hydrogen (secondary N) is 1. The van der Waals surface area contributed by atoms with Gasteiger partial charge in [-0.05, 0) is 48.0 Å². The molecule has 0 saturated carbocycles. The van der Waals surface area contributed by atoms with E-state index in [1.165, 1.54) is 6.08 Å². The van der Waals surface area contributed by atoms with Crippen LogP contribution in [0.2, 0.25) is 0 Å². The van der Waals surface area contributed by atoms with Crippen molar-refractivity contribution in [1.82, 2.24) is 10.2 Å². The molecule has 6 nitrogen and oxygen atoms in total. The molecule has 0 unspecified atom stereocenters. The summed E-state index contributed by atoms with van der Waals surface area (Å²) in [6.07, 6.45) is 4.80. The van der Waals surface area contributed by atoms with Crippen molar-refractivity contribution in [2.24, 2.45) is 0 Å². The van der Waals surface area contributed by atoms with Gasteiger partial charge in [0.2, 0.25) is 11.8 Å². The number of carbonyl (C=O) groups excluding carboxylic acids is 1. The zero-order valence-electron chi connectivity index (χ0n) is 14.2. The average molecular weight is 357 g/mol. The van der Waals surface area contributed by atoms with Crippen molar-refractivity contribution in [3.05, 3.63) is 84.6 Å². The van der Waals surface area contributed by atoms with E-state index in [4.69, 9.17) is 8.83 Å². The van der Waals surface area contributed by atoms with Gasteiger partial charge < -0.3 is 14.2 Å². The molecule has 2 aromatic heterocycles. The van der Waals surface area contributed by atoms with Gasteiger partial charge in [0.05, 0.1) is 6.26 Å². The molecule has 0 aliphatic heterocycles. The number of anilines is 1. The molecule has 0 radical (unpaired) electrons.